The molecule has 0 bridgehead atoms. The highest BCUT2D eigenvalue weighted by Gasteiger charge is 2.08. The van der Waals surface area contributed by atoms with Crippen LogP contribution in [0.1, 0.15) is 10.4 Å². The van der Waals surface area contributed by atoms with Gasteiger partial charge in [0.05, 0.1) is 17.6 Å². The molecular weight excluding hydrogens is 307 g/mol. The normalized spacial score (nSPS) is 10.6. The Bertz CT molecular complexity index is 402. The fraction of sp³-hybridized carbons (Fsp3) is 0.200. The van der Waals surface area contributed by atoms with Crippen molar-refractivity contribution in [1.29, 1.82) is 0 Å². The summed E-state index contributed by atoms with van der Waals surface area (Å²) < 4.78 is 0.962. The number of carboxylic acid groups (broad SMARTS) is 1. The largest absolute Gasteiger partial charge is 0.478 e. The molecule has 80 valence electrons. The molecule has 0 spiro atoms. The monoisotopic (exact) mass is 318 g/mol. The molecule has 0 aliphatic carbocycles. The van der Waals surface area contributed by atoms with Crippen LogP contribution in [0.2, 0.25) is 0 Å². The average molecular weight is 318 g/mol. The summed E-state index contributed by atoms with van der Waals surface area (Å²) in [4.78, 5) is 16.7. The smallest absolute Gasteiger partial charge is 0.337 e. The summed E-state index contributed by atoms with van der Waals surface area (Å²) in [6, 6.07) is 5.05. The van der Waals surface area contributed by atoms with Crippen molar-refractivity contribution < 1.29 is 9.90 Å². The number of hydrogen-bond acceptors (Lipinski definition) is 2. The number of benzene rings is 1. The maximum atomic E-state index is 10.9. The first-order chi connectivity index (χ1) is 7.00. The standard InChI is InChI=1S/C10H11IN2O2/c1-13(2)6-12-9-5-7(11)3-4-8(9)10(14)15/h3-6H,1-2H3,(H,14,15)/b12-6+. The van der Waals surface area contributed by atoms with Crippen molar-refractivity contribution in [3.8, 4) is 0 Å². The molecule has 0 fully saturated rings. The van der Waals surface area contributed by atoms with Crippen LogP contribution >= 0.6 is 22.6 Å². The Morgan fingerprint density at radius 1 is 1.53 bits per heavy atom. The summed E-state index contributed by atoms with van der Waals surface area (Å²) in [5, 5.41) is 8.93. The SMILES string of the molecule is CN(C)/C=N/c1cc(I)ccc1C(=O)O. The minimum Gasteiger partial charge on any atom is -0.478 e. The lowest BCUT2D eigenvalue weighted by molar-refractivity contribution is 0.0698. The maximum absolute atomic E-state index is 10.9. The Hall–Kier alpha value is -1.11. The van der Waals surface area contributed by atoms with E-state index in [0.29, 0.717) is 5.69 Å². The van der Waals surface area contributed by atoms with Crippen LogP contribution in [0.15, 0.2) is 23.2 Å². The van der Waals surface area contributed by atoms with Gasteiger partial charge in [-0.25, -0.2) is 9.79 Å². The first-order valence-corrected chi connectivity index (χ1v) is 5.32. The zero-order chi connectivity index (χ0) is 11.4. The molecule has 1 aromatic carbocycles. The van der Waals surface area contributed by atoms with Crippen LogP contribution in [0.25, 0.3) is 0 Å². The van der Waals surface area contributed by atoms with Gasteiger partial charge in [0, 0.05) is 17.7 Å². The zero-order valence-corrected chi connectivity index (χ0v) is 10.6. The van der Waals surface area contributed by atoms with E-state index in [2.05, 4.69) is 27.6 Å². The molecular formula is C10H11IN2O2. The van der Waals surface area contributed by atoms with Gasteiger partial charge in [-0.3, -0.25) is 0 Å². The van der Waals surface area contributed by atoms with Gasteiger partial charge < -0.3 is 10.0 Å². The number of nitrogens with zero attached hydrogens (tertiary/aromatic N) is 2. The molecule has 0 aliphatic heterocycles. The van der Waals surface area contributed by atoms with Crippen LogP contribution in [0.5, 0.6) is 0 Å². The van der Waals surface area contributed by atoms with E-state index in [0.717, 1.165) is 3.57 Å². The van der Waals surface area contributed by atoms with E-state index in [1.807, 2.05) is 14.1 Å². The lowest BCUT2D eigenvalue weighted by Crippen LogP contribution is -2.07. The minimum atomic E-state index is -0.961. The first kappa shape index (κ1) is 12.0. The summed E-state index contributed by atoms with van der Waals surface area (Å²) in [6.07, 6.45) is 1.58. The van der Waals surface area contributed by atoms with Crippen molar-refractivity contribution in [3.63, 3.8) is 0 Å². The Morgan fingerprint density at radius 3 is 2.73 bits per heavy atom. The van der Waals surface area contributed by atoms with E-state index >= 15 is 0 Å². The molecule has 0 saturated heterocycles. The second kappa shape index (κ2) is 5.11. The van der Waals surface area contributed by atoms with Gasteiger partial charge in [-0.05, 0) is 40.8 Å². The Labute approximate surface area is 102 Å². The van der Waals surface area contributed by atoms with Crippen LogP contribution in [-0.2, 0) is 0 Å². The van der Waals surface area contributed by atoms with Gasteiger partial charge in [0.25, 0.3) is 0 Å². The van der Waals surface area contributed by atoms with Crippen LogP contribution in [0.4, 0.5) is 5.69 Å². The number of halogens is 1. The number of carboxylic acids is 1. The summed E-state index contributed by atoms with van der Waals surface area (Å²) in [7, 11) is 3.66. The summed E-state index contributed by atoms with van der Waals surface area (Å²) >= 11 is 2.12. The summed E-state index contributed by atoms with van der Waals surface area (Å²) in [5.41, 5.74) is 0.691. The Morgan fingerprint density at radius 2 is 2.20 bits per heavy atom. The quantitative estimate of drug-likeness (QED) is 0.528. The summed E-state index contributed by atoms with van der Waals surface area (Å²) in [6.45, 7) is 0. The number of carbonyl (C=O) groups is 1. The molecule has 1 rings (SSSR count). The van der Waals surface area contributed by atoms with Gasteiger partial charge >= 0.3 is 5.97 Å². The number of aliphatic imine (C=N–C) groups is 1. The Balaban J connectivity index is 3.13. The third-order valence-electron chi connectivity index (χ3n) is 1.62. The molecule has 0 unspecified atom stereocenters. The third-order valence-corrected chi connectivity index (χ3v) is 2.29. The second-order valence-electron chi connectivity index (χ2n) is 3.17. The highest BCUT2D eigenvalue weighted by Crippen LogP contribution is 2.21. The third kappa shape index (κ3) is 3.50. The predicted octanol–water partition coefficient (Wildman–Crippen LogP) is 2.21. The lowest BCUT2D eigenvalue weighted by Gasteiger charge is -2.04. The Kier molecular flexibility index (Phi) is 4.07. The van der Waals surface area contributed by atoms with Gasteiger partial charge in [-0.2, -0.15) is 0 Å². The van der Waals surface area contributed by atoms with Gasteiger partial charge in [0.15, 0.2) is 0 Å². The fourth-order valence-corrected chi connectivity index (χ4v) is 1.44. The summed E-state index contributed by atoms with van der Waals surface area (Å²) in [5.74, 6) is -0.961. The number of aromatic carboxylic acids is 1. The van der Waals surface area contributed by atoms with E-state index in [1.54, 1.807) is 29.4 Å². The van der Waals surface area contributed by atoms with Gasteiger partial charge in [0.2, 0.25) is 0 Å². The highest BCUT2D eigenvalue weighted by atomic mass is 127. The lowest BCUT2D eigenvalue weighted by atomic mass is 10.2. The molecule has 1 N–H and O–H groups in total. The van der Waals surface area contributed by atoms with Crippen molar-refractivity contribution in [1.82, 2.24) is 4.90 Å². The molecule has 15 heavy (non-hydrogen) atoms. The van der Waals surface area contributed by atoms with Crippen LogP contribution in [0.3, 0.4) is 0 Å². The predicted molar refractivity (Wildman–Crippen MR) is 68.0 cm³/mol. The molecule has 0 radical (unpaired) electrons. The van der Waals surface area contributed by atoms with E-state index in [1.165, 1.54) is 0 Å². The van der Waals surface area contributed by atoms with Gasteiger partial charge in [0.1, 0.15) is 0 Å². The molecule has 0 saturated carbocycles. The topological polar surface area (TPSA) is 52.9 Å². The van der Waals surface area contributed by atoms with Crippen molar-refractivity contribution in [2.24, 2.45) is 4.99 Å². The molecule has 4 nitrogen and oxygen atoms in total. The molecule has 0 amide bonds. The van der Waals surface area contributed by atoms with Crippen LogP contribution in [0, 0.1) is 3.57 Å². The van der Waals surface area contributed by atoms with E-state index in [4.69, 9.17) is 5.11 Å². The molecule has 5 heteroatoms. The van der Waals surface area contributed by atoms with Crippen molar-refractivity contribution in [3.05, 3.63) is 27.3 Å². The van der Waals surface area contributed by atoms with E-state index in [9.17, 15) is 4.79 Å². The molecule has 0 aliphatic rings. The average Bonchev–Trinajstić information content (AvgIpc) is 2.14. The molecule has 0 atom stereocenters. The zero-order valence-electron chi connectivity index (χ0n) is 8.44. The van der Waals surface area contributed by atoms with E-state index < -0.39 is 5.97 Å². The van der Waals surface area contributed by atoms with Gasteiger partial charge in [-0.1, -0.05) is 0 Å². The number of rotatable bonds is 3. The van der Waals surface area contributed by atoms with Crippen molar-refractivity contribution >= 4 is 40.6 Å². The first-order valence-electron chi connectivity index (χ1n) is 4.24. The molecule has 0 heterocycles. The minimum absolute atomic E-state index is 0.216. The fourth-order valence-electron chi connectivity index (χ4n) is 0.970. The maximum Gasteiger partial charge on any atom is 0.337 e. The molecule has 1 aromatic rings. The molecule has 0 aromatic heterocycles. The van der Waals surface area contributed by atoms with Crippen molar-refractivity contribution in [2.75, 3.05) is 14.1 Å². The van der Waals surface area contributed by atoms with Crippen LogP contribution in [-0.4, -0.2) is 36.4 Å². The van der Waals surface area contributed by atoms with E-state index in [-0.39, 0.29) is 5.56 Å². The number of hydrogen-bond donors (Lipinski definition) is 1. The van der Waals surface area contributed by atoms with Crippen molar-refractivity contribution in [2.45, 2.75) is 0 Å². The highest BCUT2D eigenvalue weighted by molar-refractivity contribution is 14.1. The van der Waals surface area contributed by atoms with Gasteiger partial charge in [-0.15, -0.1) is 0 Å². The second-order valence-corrected chi connectivity index (χ2v) is 4.42. The van der Waals surface area contributed by atoms with Crippen LogP contribution < -0.4 is 0 Å².